The summed E-state index contributed by atoms with van der Waals surface area (Å²) in [4.78, 5) is 38.3. The SMILES string of the molecule is COC(=O)c1c[nH]c(=O)c([C@@H](CC(N)=O)c2ccc(-c3ccccc3)o2)c1O. The number of aromatic nitrogens is 1. The van der Waals surface area contributed by atoms with Crippen LogP contribution in [0.3, 0.4) is 0 Å². The molecule has 2 aromatic heterocycles. The number of hydrogen-bond donors (Lipinski definition) is 3. The Hall–Kier alpha value is -3.81. The van der Waals surface area contributed by atoms with Crippen LogP contribution < -0.4 is 11.3 Å². The number of pyridine rings is 1. The maximum absolute atomic E-state index is 12.4. The van der Waals surface area contributed by atoms with Crippen molar-refractivity contribution in [2.75, 3.05) is 7.11 Å². The minimum Gasteiger partial charge on any atom is -0.506 e. The van der Waals surface area contributed by atoms with Crippen LogP contribution in [0.2, 0.25) is 0 Å². The third-order valence-corrected chi connectivity index (χ3v) is 4.29. The summed E-state index contributed by atoms with van der Waals surface area (Å²) in [7, 11) is 1.14. The number of benzene rings is 1. The average Bonchev–Trinajstić information content (AvgIpc) is 3.17. The van der Waals surface area contributed by atoms with Crippen LogP contribution in [0.5, 0.6) is 5.75 Å². The van der Waals surface area contributed by atoms with Crippen LogP contribution in [-0.2, 0) is 9.53 Å². The molecule has 2 heterocycles. The number of carbonyl (C=O) groups is 2. The number of carbonyl (C=O) groups excluding carboxylic acids is 2. The van der Waals surface area contributed by atoms with Gasteiger partial charge >= 0.3 is 5.97 Å². The van der Waals surface area contributed by atoms with E-state index in [-0.39, 0.29) is 23.3 Å². The Morgan fingerprint density at radius 1 is 1.21 bits per heavy atom. The topological polar surface area (TPSA) is 136 Å². The third kappa shape index (κ3) is 3.66. The van der Waals surface area contributed by atoms with Crippen LogP contribution in [0.1, 0.15) is 34.0 Å². The monoisotopic (exact) mass is 382 g/mol. The lowest BCUT2D eigenvalue weighted by Gasteiger charge is -2.15. The molecule has 0 aliphatic rings. The van der Waals surface area contributed by atoms with Crippen molar-refractivity contribution in [2.45, 2.75) is 12.3 Å². The number of nitrogens with one attached hydrogen (secondary N) is 1. The van der Waals surface area contributed by atoms with E-state index in [4.69, 9.17) is 10.2 Å². The molecule has 3 aromatic rings. The minimum atomic E-state index is -0.983. The van der Waals surface area contributed by atoms with Crippen molar-refractivity contribution >= 4 is 11.9 Å². The molecule has 1 amide bonds. The van der Waals surface area contributed by atoms with Gasteiger partial charge in [-0.25, -0.2) is 4.79 Å². The number of nitrogens with two attached hydrogens (primary N) is 1. The van der Waals surface area contributed by atoms with E-state index in [1.54, 1.807) is 12.1 Å². The fourth-order valence-electron chi connectivity index (χ4n) is 2.97. The van der Waals surface area contributed by atoms with E-state index < -0.39 is 29.1 Å². The molecule has 1 aromatic carbocycles. The van der Waals surface area contributed by atoms with Crippen LogP contribution in [0.4, 0.5) is 0 Å². The molecular weight excluding hydrogens is 364 g/mol. The molecule has 0 unspecified atom stereocenters. The molecule has 0 bridgehead atoms. The number of amides is 1. The van der Waals surface area contributed by atoms with Gasteiger partial charge in [0.25, 0.3) is 5.56 Å². The summed E-state index contributed by atoms with van der Waals surface area (Å²) in [5, 5.41) is 10.5. The predicted molar refractivity (Wildman–Crippen MR) is 99.9 cm³/mol. The third-order valence-electron chi connectivity index (χ3n) is 4.29. The highest BCUT2D eigenvalue weighted by atomic mass is 16.5. The highest BCUT2D eigenvalue weighted by Crippen LogP contribution is 2.36. The lowest BCUT2D eigenvalue weighted by Crippen LogP contribution is -2.23. The van der Waals surface area contributed by atoms with Crippen molar-refractivity contribution in [2.24, 2.45) is 5.73 Å². The first-order valence-electron chi connectivity index (χ1n) is 8.38. The predicted octanol–water partition coefficient (Wildman–Crippen LogP) is 2.13. The average molecular weight is 382 g/mol. The zero-order chi connectivity index (χ0) is 20.3. The van der Waals surface area contributed by atoms with Crippen molar-refractivity contribution in [1.29, 1.82) is 0 Å². The summed E-state index contributed by atoms with van der Waals surface area (Å²) in [6.07, 6.45) is 0.745. The maximum Gasteiger partial charge on any atom is 0.343 e. The Morgan fingerprint density at radius 2 is 1.93 bits per heavy atom. The Labute approximate surface area is 159 Å². The number of ether oxygens (including phenoxy) is 1. The van der Waals surface area contributed by atoms with Gasteiger partial charge in [0.15, 0.2) is 0 Å². The Morgan fingerprint density at radius 3 is 2.57 bits per heavy atom. The first-order chi connectivity index (χ1) is 13.4. The molecule has 28 heavy (non-hydrogen) atoms. The summed E-state index contributed by atoms with van der Waals surface area (Å²) < 4.78 is 10.4. The number of furan rings is 1. The van der Waals surface area contributed by atoms with Crippen LogP contribution in [0.25, 0.3) is 11.3 Å². The van der Waals surface area contributed by atoms with E-state index in [9.17, 15) is 19.5 Å². The summed E-state index contributed by atoms with van der Waals surface area (Å²) in [5.74, 6) is -2.34. The summed E-state index contributed by atoms with van der Waals surface area (Å²) in [6.45, 7) is 0. The molecule has 1 atom stereocenters. The fraction of sp³-hybridized carbons (Fsp3) is 0.150. The minimum absolute atomic E-state index is 0.198. The van der Waals surface area contributed by atoms with Crippen molar-refractivity contribution in [3.8, 4) is 17.1 Å². The van der Waals surface area contributed by atoms with Gasteiger partial charge in [0.05, 0.1) is 18.6 Å². The highest BCUT2D eigenvalue weighted by molar-refractivity contribution is 5.92. The van der Waals surface area contributed by atoms with Crippen molar-refractivity contribution < 1.29 is 23.8 Å². The quantitative estimate of drug-likeness (QED) is 0.559. The number of rotatable bonds is 6. The van der Waals surface area contributed by atoms with Crippen LogP contribution in [0, 0.1) is 0 Å². The van der Waals surface area contributed by atoms with Gasteiger partial charge in [0.1, 0.15) is 22.8 Å². The molecule has 8 nitrogen and oxygen atoms in total. The first-order valence-corrected chi connectivity index (χ1v) is 8.38. The second-order valence-electron chi connectivity index (χ2n) is 6.08. The van der Waals surface area contributed by atoms with Gasteiger partial charge < -0.3 is 25.0 Å². The number of aromatic amines is 1. The second kappa shape index (κ2) is 7.83. The van der Waals surface area contributed by atoms with Gasteiger partial charge in [-0.15, -0.1) is 0 Å². The first kappa shape index (κ1) is 19.0. The van der Waals surface area contributed by atoms with Gasteiger partial charge in [-0.05, 0) is 12.1 Å². The molecule has 0 fully saturated rings. The van der Waals surface area contributed by atoms with Gasteiger partial charge in [0, 0.05) is 18.2 Å². The molecule has 3 rings (SSSR count). The fourth-order valence-corrected chi connectivity index (χ4v) is 2.97. The molecular formula is C20H18N2O6. The van der Waals surface area contributed by atoms with Crippen molar-refractivity contribution in [3.63, 3.8) is 0 Å². The number of esters is 1. The number of primary amides is 1. The van der Waals surface area contributed by atoms with Crippen LogP contribution >= 0.6 is 0 Å². The van der Waals surface area contributed by atoms with Crippen LogP contribution in [-0.4, -0.2) is 29.1 Å². The molecule has 0 aliphatic heterocycles. The number of H-pyrrole nitrogens is 1. The summed E-state index contributed by atoms with van der Waals surface area (Å²) in [5.41, 5.74) is 5.04. The molecule has 144 valence electrons. The molecule has 0 radical (unpaired) electrons. The largest absolute Gasteiger partial charge is 0.506 e. The second-order valence-corrected chi connectivity index (χ2v) is 6.08. The van der Waals surface area contributed by atoms with E-state index >= 15 is 0 Å². The Kier molecular flexibility index (Phi) is 5.30. The van der Waals surface area contributed by atoms with E-state index in [1.165, 1.54) is 0 Å². The molecule has 0 saturated carbocycles. The Balaban J connectivity index is 2.12. The zero-order valence-electron chi connectivity index (χ0n) is 15.0. The van der Waals surface area contributed by atoms with E-state index in [0.717, 1.165) is 18.9 Å². The highest BCUT2D eigenvalue weighted by Gasteiger charge is 2.29. The van der Waals surface area contributed by atoms with E-state index in [0.29, 0.717) is 5.76 Å². The Bertz CT molecular complexity index is 1070. The van der Waals surface area contributed by atoms with Gasteiger partial charge in [-0.1, -0.05) is 30.3 Å². The van der Waals surface area contributed by atoms with E-state index in [1.807, 2.05) is 30.3 Å². The number of hydrogen-bond acceptors (Lipinski definition) is 6. The van der Waals surface area contributed by atoms with Crippen molar-refractivity contribution in [1.82, 2.24) is 4.98 Å². The number of aromatic hydroxyl groups is 1. The molecule has 0 aliphatic carbocycles. The standard InChI is InChI=1S/C20H18N2O6/c1-27-20(26)13-10-22-19(25)17(18(13)24)12(9-16(21)23)15-8-7-14(28-15)11-5-3-2-4-6-11/h2-8,10,12H,9H2,1H3,(H2,21,23)(H2,22,24,25)/t12-/m0/s1. The van der Waals surface area contributed by atoms with E-state index in [2.05, 4.69) is 9.72 Å². The maximum atomic E-state index is 12.4. The number of methoxy groups -OCH3 is 1. The van der Waals surface area contributed by atoms with Crippen molar-refractivity contribution in [3.05, 3.63) is 75.9 Å². The summed E-state index contributed by atoms with van der Waals surface area (Å²) >= 11 is 0. The summed E-state index contributed by atoms with van der Waals surface area (Å²) in [6, 6.07) is 12.5. The molecule has 4 N–H and O–H groups in total. The lowest BCUT2D eigenvalue weighted by atomic mass is 9.92. The van der Waals surface area contributed by atoms with Gasteiger partial charge in [-0.3, -0.25) is 9.59 Å². The normalized spacial score (nSPS) is 11.8. The molecule has 0 spiro atoms. The molecule has 0 saturated heterocycles. The van der Waals surface area contributed by atoms with Gasteiger partial charge in [-0.2, -0.15) is 0 Å². The van der Waals surface area contributed by atoms with Crippen LogP contribution in [0.15, 0.2) is 57.9 Å². The zero-order valence-corrected chi connectivity index (χ0v) is 15.0. The molecule has 8 heteroatoms. The smallest absolute Gasteiger partial charge is 0.343 e. The lowest BCUT2D eigenvalue weighted by molar-refractivity contribution is -0.118. The van der Waals surface area contributed by atoms with Gasteiger partial charge in [0.2, 0.25) is 5.91 Å².